The third-order valence-electron chi connectivity index (χ3n) is 2.71. The SMILES string of the molecule is CCOc1ccccc1NS(=O)(=O)c1cc(CNC)cs1. The second-order valence-electron chi connectivity index (χ2n) is 4.34. The van der Waals surface area contributed by atoms with Gasteiger partial charge in [0.1, 0.15) is 9.96 Å². The lowest BCUT2D eigenvalue weighted by Gasteiger charge is -2.11. The molecule has 0 saturated carbocycles. The van der Waals surface area contributed by atoms with E-state index in [4.69, 9.17) is 4.74 Å². The highest BCUT2D eigenvalue weighted by molar-refractivity contribution is 7.94. The molecule has 1 aromatic heterocycles. The van der Waals surface area contributed by atoms with Gasteiger partial charge in [0.05, 0.1) is 12.3 Å². The minimum Gasteiger partial charge on any atom is -0.492 e. The molecule has 0 atom stereocenters. The van der Waals surface area contributed by atoms with Crippen LogP contribution in [0.1, 0.15) is 12.5 Å². The molecule has 0 spiro atoms. The maximum atomic E-state index is 12.4. The quantitative estimate of drug-likeness (QED) is 0.821. The summed E-state index contributed by atoms with van der Waals surface area (Å²) in [4.78, 5) is 0. The molecule has 2 rings (SSSR count). The van der Waals surface area contributed by atoms with E-state index in [1.54, 1.807) is 30.3 Å². The van der Waals surface area contributed by atoms with E-state index in [0.717, 1.165) is 5.56 Å². The molecule has 0 radical (unpaired) electrons. The number of ether oxygens (including phenoxy) is 1. The third-order valence-corrected chi connectivity index (χ3v) is 5.56. The maximum absolute atomic E-state index is 12.4. The first-order valence-corrected chi connectivity index (χ1v) is 8.89. The van der Waals surface area contributed by atoms with Crippen molar-refractivity contribution < 1.29 is 13.2 Å². The molecule has 0 aliphatic carbocycles. The van der Waals surface area contributed by atoms with Gasteiger partial charge in [-0.05, 0) is 43.1 Å². The smallest absolute Gasteiger partial charge is 0.271 e. The van der Waals surface area contributed by atoms with Crippen LogP contribution < -0.4 is 14.8 Å². The van der Waals surface area contributed by atoms with E-state index in [1.807, 2.05) is 19.4 Å². The van der Waals surface area contributed by atoms with Crippen LogP contribution in [0.3, 0.4) is 0 Å². The fourth-order valence-electron chi connectivity index (χ4n) is 1.82. The highest BCUT2D eigenvalue weighted by Gasteiger charge is 2.18. The molecule has 7 heteroatoms. The zero-order chi connectivity index (χ0) is 15.3. The topological polar surface area (TPSA) is 67.4 Å². The Bertz CT molecular complexity index is 696. The zero-order valence-corrected chi connectivity index (χ0v) is 13.6. The Labute approximate surface area is 129 Å². The van der Waals surface area contributed by atoms with E-state index in [2.05, 4.69) is 10.0 Å². The molecule has 0 aliphatic heterocycles. The number of sulfonamides is 1. The fraction of sp³-hybridized carbons (Fsp3) is 0.286. The summed E-state index contributed by atoms with van der Waals surface area (Å²) in [6.07, 6.45) is 0. The number of benzene rings is 1. The minimum atomic E-state index is -3.59. The molecule has 0 unspecified atom stereocenters. The van der Waals surface area contributed by atoms with Crippen LogP contribution in [0.5, 0.6) is 5.75 Å². The molecule has 0 amide bonds. The van der Waals surface area contributed by atoms with Crippen molar-refractivity contribution in [1.82, 2.24) is 5.32 Å². The second kappa shape index (κ2) is 6.93. The predicted octanol–water partition coefficient (Wildman–Crippen LogP) is 2.67. The Balaban J connectivity index is 2.24. The molecule has 5 nitrogen and oxygen atoms in total. The molecular weight excluding hydrogens is 308 g/mol. The standard InChI is InChI=1S/C14H18N2O3S2/c1-3-19-13-7-5-4-6-12(13)16-21(17,18)14-8-11(9-15-2)10-20-14/h4-8,10,15-16H,3,9H2,1-2H3. The number of anilines is 1. The normalized spacial score (nSPS) is 11.3. The molecule has 114 valence electrons. The number of rotatable bonds is 7. The van der Waals surface area contributed by atoms with Gasteiger partial charge in [0.2, 0.25) is 0 Å². The monoisotopic (exact) mass is 326 g/mol. The van der Waals surface area contributed by atoms with E-state index >= 15 is 0 Å². The van der Waals surface area contributed by atoms with E-state index in [0.29, 0.717) is 28.8 Å². The number of hydrogen-bond donors (Lipinski definition) is 2. The van der Waals surface area contributed by atoms with Gasteiger partial charge in [0, 0.05) is 6.54 Å². The summed E-state index contributed by atoms with van der Waals surface area (Å²) in [5.74, 6) is 0.524. The molecule has 1 aromatic carbocycles. The summed E-state index contributed by atoms with van der Waals surface area (Å²) in [7, 11) is -1.77. The number of hydrogen-bond acceptors (Lipinski definition) is 5. The highest BCUT2D eigenvalue weighted by atomic mass is 32.2. The first kappa shape index (κ1) is 15.8. The van der Waals surface area contributed by atoms with Crippen molar-refractivity contribution in [2.24, 2.45) is 0 Å². The molecule has 21 heavy (non-hydrogen) atoms. The van der Waals surface area contributed by atoms with Gasteiger partial charge in [0.25, 0.3) is 10.0 Å². The van der Waals surface area contributed by atoms with Gasteiger partial charge >= 0.3 is 0 Å². The molecule has 0 bridgehead atoms. The van der Waals surface area contributed by atoms with Crippen molar-refractivity contribution in [3.05, 3.63) is 41.3 Å². The van der Waals surface area contributed by atoms with Crippen molar-refractivity contribution in [3.63, 3.8) is 0 Å². The maximum Gasteiger partial charge on any atom is 0.271 e. The molecule has 1 heterocycles. The van der Waals surface area contributed by atoms with Crippen LogP contribution in [0.15, 0.2) is 39.9 Å². The lowest BCUT2D eigenvalue weighted by molar-refractivity contribution is 0.342. The van der Waals surface area contributed by atoms with Gasteiger partial charge in [-0.3, -0.25) is 4.72 Å². The zero-order valence-electron chi connectivity index (χ0n) is 11.9. The Morgan fingerprint density at radius 3 is 2.76 bits per heavy atom. The lowest BCUT2D eigenvalue weighted by atomic mass is 10.3. The minimum absolute atomic E-state index is 0.291. The Morgan fingerprint density at radius 1 is 1.29 bits per heavy atom. The first-order valence-electron chi connectivity index (χ1n) is 6.53. The third kappa shape index (κ3) is 3.96. The van der Waals surface area contributed by atoms with E-state index < -0.39 is 10.0 Å². The highest BCUT2D eigenvalue weighted by Crippen LogP contribution is 2.28. The van der Waals surface area contributed by atoms with Gasteiger partial charge in [-0.2, -0.15) is 0 Å². The van der Waals surface area contributed by atoms with Crippen LogP contribution in [0.2, 0.25) is 0 Å². The number of thiophene rings is 1. The van der Waals surface area contributed by atoms with Crippen molar-refractivity contribution in [2.45, 2.75) is 17.7 Å². The number of para-hydroxylation sites is 2. The largest absolute Gasteiger partial charge is 0.492 e. The van der Waals surface area contributed by atoms with Crippen LogP contribution in [-0.4, -0.2) is 22.1 Å². The van der Waals surface area contributed by atoms with Crippen molar-refractivity contribution >= 4 is 27.0 Å². The Hall–Kier alpha value is -1.57. The van der Waals surface area contributed by atoms with E-state index in [9.17, 15) is 8.42 Å². The molecule has 2 aromatic rings. The van der Waals surface area contributed by atoms with Crippen LogP contribution in [0.25, 0.3) is 0 Å². The van der Waals surface area contributed by atoms with Crippen LogP contribution in [0, 0.1) is 0 Å². The average Bonchev–Trinajstić information content (AvgIpc) is 2.91. The van der Waals surface area contributed by atoms with Crippen LogP contribution in [0.4, 0.5) is 5.69 Å². The first-order chi connectivity index (χ1) is 10.1. The lowest BCUT2D eigenvalue weighted by Crippen LogP contribution is -2.12. The Kier molecular flexibility index (Phi) is 5.22. The summed E-state index contributed by atoms with van der Waals surface area (Å²) in [5.41, 5.74) is 1.39. The molecule has 0 saturated heterocycles. The molecule has 0 fully saturated rings. The summed E-state index contributed by atoms with van der Waals surface area (Å²) < 4.78 is 33.1. The summed E-state index contributed by atoms with van der Waals surface area (Å²) in [6.45, 7) is 2.97. The van der Waals surface area contributed by atoms with Crippen molar-refractivity contribution in [2.75, 3.05) is 18.4 Å². The van der Waals surface area contributed by atoms with E-state index in [1.165, 1.54) is 11.3 Å². The molecule has 2 N–H and O–H groups in total. The van der Waals surface area contributed by atoms with Gasteiger partial charge in [0.15, 0.2) is 0 Å². The van der Waals surface area contributed by atoms with Crippen molar-refractivity contribution in [3.8, 4) is 5.75 Å². The van der Waals surface area contributed by atoms with Crippen molar-refractivity contribution in [1.29, 1.82) is 0 Å². The van der Waals surface area contributed by atoms with Crippen LogP contribution in [-0.2, 0) is 16.6 Å². The fourth-order valence-corrected chi connectivity index (χ4v) is 4.10. The molecule has 0 aliphatic rings. The molecular formula is C14H18N2O3S2. The van der Waals surface area contributed by atoms with Gasteiger partial charge < -0.3 is 10.1 Å². The van der Waals surface area contributed by atoms with Gasteiger partial charge in [-0.15, -0.1) is 11.3 Å². The van der Waals surface area contributed by atoms with Crippen LogP contribution >= 0.6 is 11.3 Å². The second-order valence-corrected chi connectivity index (χ2v) is 7.16. The van der Waals surface area contributed by atoms with E-state index in [-0.39, 0.29) is 0 Å². The Morgan fingerprint density at radius 2 is 2.05 bits per heavy atom. The summed E-state index contributed by atoms with van der Waals surface area (Å²) >= 11 is 1.20. The summed E-state index contributed by atoms with van der Waals surface area (Å²) in [5, 5.41) is 4.83. The number of nitrogens with one attached hydrogen (secondary N) is 2. The predicted molar refractivity (Wildman–Crippen MR) is 85.5 cm³/mol. The average molecular weight is 326 g/mol. The van der Waals surface area contributed by atoms with Gasteiger partial charge in [-0.25, -0.2) is 8.42 Å². The summed E-state index contributed by atoms with van der Waals surface area (Å²) in [6, 6.07) is 8.67. The van der Waals surface area contributed by atoms with Gasteiger partial charge in [-0.1, -0.05) is 12.1 Å².